The van der Waals surface area contributed by atoms with Crippen molar-refractivity contribution in [2.24, 2.45) is 0 Å². The number of methoxy groups -OCH3 is 2. The molecule has 1 aliphatic rings. The molecule has 2 rings (SSSR count). The lowest BCUT2D eigenvalue weighted by molar-refractivity contribution is 0.232. The van der Waals surface area contributed by atoms with Crippen LogP contribution in [0.15, 0.2) is 18.2 Å². The zero-order valence-electron chi connectivity index (χ0n) is 13.2. The highest BCUT2D eigenvalue weighted by atomic mass is 16.5. The third-order valence-corrected chi connectivity index (χ3v) is 4.03. The first-order valence-electron chi connectivity index (χ1n) is 7.36. The lowest BCUT2D eigenvalue weighted by Crippen LogP contribution is -2.45. The molecule has 21 heavy (non-hydrogen) atoms. The average molecular weight is 292 g/mol. The van der Waals surface area contributed by atoms with E-state index in [-0.39, 0.29) is 17.6 Å². The molecule has 5 nitrogen and oxygen atoms in total. The molecule has 0 bridgehead atoms. The van der Waals surface area contributed by atoms with Crippen molar-refractivity contribution in [2.45, 2.75) is 44.7 Å². The van der Waals surface area contributed by atoms with Crippen LogP contribution in [0.2, 0.25) is 0 Å². The lowest BCUT2D eigenvalue weighted by atomic mass is 10.0. The molecule has 0 spiro atoms. The van der Waals surface area contributed by atoms with Gasteiger partial charge in [-0.25, -0.2) is 4.79 Å². The van der Waals surface area contributed by atoms with E-state index in [1.165, 1.54) is 0 Å². The maximum atomic E-state index is 12.0. The average Bonchev–Trinajstić information content (AvgIpc) is 3.26. The summed E-state index contributed by atoms with van der Waals surface area (Å²) < 4.78 is 10.6. The Balaban J connectivity index is 2.11. The minimum absolute atomic E-state index is 0.114. The summed E-state index contributed by atoms with van der Waals surface area (Å²) in [5.41, 5.74) is 0.788. The molecule has 0 heterocycles. The summed E-state index contributed by atoms with van der Waals surface area (Å²) in [6.45, 7) is 4.04. The normalized spacial score (nSPS) is 16.8. The van der Waals surface area contributed by atoms with Crippen LogP contribution in [0.25, 0.3) is 0 Å². The van der Waals surface area contributed by atoms with Crippen LogP contribution in [0.3, 0.4) is 0 Å². The molecule has 116 valence electrons. The highest BCUT2D eigenvalue weighted by molar-refractivity contribution is 5.76. The highest BCUT2D eigenvalue weighted by Crippen LogP contribution is 2.47. The van der Waals surface area contributed by atoms with Gasteiger partial charge in [-0.2, -0.15) is 0 Å². The number of urea groups is 1. The van der Waals surface area contributed by atoms with E-state index < -0.39 is 0 Å². The molecule has 1 aliphatic carbocycles. The molecule has 1 saturated carbocycles. The Bertz CT molecular complexity index is 512. The Morgan fingerprint density at radius 3 is 2.48 bits per heavy atom. The number of nitrogens with one attached hydrogen (secondary N) is 2. The smallest absolute Gasteiger partial charge is 0.315 e. The van der Waals surface area contributed by atoms with E-state index in [0.717, 1.165) is 24.8 Å². The molecule has 1 unspecified atom stereocenters. The summed E-state index contributed by atoms with van der Waals surface area (Å²) in [7, 11) is 3.23. The second-order valence-electron chi connectivity index (χ2n) is 5.56. The number of amides is 2. The topological polar surface area (TPSA) is 59.6 Å². The lowest BCUT2D eigenvalue weighted by Gasteiger charge is -2.21. The van der Waals surface area contributed by atoms with Crippen molar-refractivity contribution in [3.05, 3.63) is 23.8 Å². The molecular weight excluding hydrogens is 268 g/mol. The van der Waals surface area contributed by atoms with Crippen molar-refractivity contribution in [2.75, 3.05) is 14.2 Å². The van der Waals surface area contributed by atoms with Gasteiger partial charge in [-0.05, 0) is 43.9 Å². The number of carbonyl (C=O) groups is 1. The molecule has 5 heteroatoms. The van der Waals surface area contributed by atoms with E-state index in [1.54, 1.807) is 14.2 Å². The van der Waals surface area contributed by atoms with Crippen LogP contribution in [0.4, 0.5) is 4.79 Å². The Labute approximate surface area is 126 Å². The summed E-state index contributed by atoms with van der Waals surface area (Å²) in [5, 5.41) is 6.03. The molecular formula is C16H24N2O3. The van der Waals surface area contributed by atoms with Crippen LogP contribution in [0, 0.1) is 0 Å². The van der Waals surface area contributed by atoms with Gasteiger partial charge in [-0.1, -0.05) is 13.0 Å². The van der Waals surface area contributed by atoms with Gasteiger partial charge in [0.1, 0.15) is 0 Å². The van der Waals surface area contributed by atoms with Gasteiger partial charge >= 0.3 is 6.03 Å². The van der Waals surface area contributed by atoms with Gasteiger partial charge < -0.3 is 20.1 Å². The first kappa shape index (κ1) is 15.5. The van der Waals surface area contributed by atoms with Gasteiger partial charge in [-0.3, -0.25) is 0 Å². The minimum atomic E-state index is -0.267. The summed E-state index contributed by atoms with van der Waals surface area (Å²) >= 11 is 0. The number of hydrogen-bond acceptors (Lipinski definition) is 3. The van der Waals surface area contributed by atoms with E-state index in [1.807, 2.05) is 32.0 Å². The van der Waals surface area contributed by atoms with Gasteiger partial charge in [0.2, 0.25) is 0 Å². The number of rotatable bonds is 6. The van der Waals surface area contributed by atoms with Crippen LogP contribution in [0.1, 0.15) is 38.7 Å². The zero-order chi connectivity index (χ0) is 15.5. The maximum absolute atomic E-state index is 12.0. The quantitative estimate of drug-likeness (QED) is 0.847. The first-order valence-corrected chi connectivity index (χ1v) is 7.36. The SMILES string of the molecule is CCC(C)NC(=O)NC1(c2ccc(OC)c(OC)c2)CC1. The Hall–Kier alpha value is -1.91. The van der Waals surface area contributed by atoms with Crippen molar-refractivity contribution in [3.63, 3.8) is 0 Å². The number of carbonyl (C=O) groups excluding carboxylic acids is 1. The molecule has 1 fully saturated rings. The fourth-order valence-electron chi connectivity index (χ4n) is 2.32. The largest absolute Gasteiger partial charge is 0.493 e. The van der Waals surface area contributed by atoms with E-state index in [9.17, 15) is 4.79 Å². The molecule has 1 atom stereocenters. The second kappa shape index (κ2) is 6.24. The Morgan fingerprint density at radius 2 is 1.95 bits per heavy atom. The van der Waals surface area contributed by atoms with Crippen LogP contribution in [0.5, 0.6) is 11.5 Å². The molecule has 2 N–H and O–H groups in total. The standard InChI is InChI=1S/C16H24N2O3/c1-5-11(2)17-15(19)18-16(8-9-16)12-6-7-13(20-3)14(10-12)21-4/h6-7,10-11H,5,8-9H2,1-4H3,(H2,17,18,19). The number of hydrogen-bond donors (Lipinski definition) is 2. The number of ether oxygens (including phenoxy) is 2. The van der Waals surface area contributed by atoms with Gasteiger partial charge in [0.15, 0.2) is 11.5 Å². The Morgan fingerprint density at radius 1 is 1.29 bits per heavy atom. The molecule has 1 aromatic carbocycles. The van der Waals surface area contributed by atoms with Crippen LogP contribution < -0.4 is 20.1 Å². The second-order valence-corrected chi connectivity index (χ2v) is 5.56. The van der Waals surface area contributed by atoms with Crippen LogP contribution in [-0.2, 0) is 5.54 Å². The van der Waals surface area contributed by atoms with E-state index in [0.29, 0.717) is 11.5 Å². The van der Waals surface area contributed by atoms with Gasteiger partial charge in [0, 0.05) is 6.04 Å². The van der Waals surface area contributed by atoms with E-state index in [4.69, 9.17) is 9.47 Å². The summed E-state index contributed by atoms with van der Waals surface area (Å²) in [6.07, 6.45) is 2.80. The molecule has 0 aliphatic heterocycles. The summed E-state index contributed by atoms with van der Waals surface area (Å²) in [4.78, 5) is 12.0. The monoisotopic (exact) mass is 292 g/mol. The van der Waals surface area contributed by atoms with Gasteiger partial charge in [0.05, 0.1) is 19.8 Å². The third kappa shape index (κ3) is 3.40. The van der Waals surface area contributed by atoms with Crippen molar-refractivity contribution in [3.8, 4) is 11.5 Å². The Kier molecular flexibility index (Phi) is 4.60. The first-order chi connectivity index (χ1) is 10.0. The molecule has 2 amide bonds. The number of benzene rings is 1. The van der Waals surface area contributed by atoms with Crippen molar-refractivity contribution in [1.29, 1.82) is 0 Å². The van der Waals surface area contributed by atoms with E-state index >= 15 is 0 Å². The predicted octanol–water partition coefficient (Wildman–Crippen LogP) is 2.79. The van der Waals surface area contributed by atoms with E-state index in [2.05, 4.69) is 10.6 Å². The molecule has 0 radical (unpaired) electrons. The maximum Gasteiger partial charge on any atom is 0.315 e. The van der Waals surface area contributed by atoms with Gasteiger partial charge in [0.25, 0.3) is 0 Å². The molecule has 1 aromatic rings. The molecule has 0 saturated heterocycles. The fourth-order valence-corrected chi connectivity index (χ4v) is 2.32. The van der Waals surface area contributed by atoms with Crippen LogP contribution >= 0.6 is 0 Å². The van der Waals surface area contributed by atoms with Gasteiger partial charge in [-0.15, -0.1) is 0 Å². The highest BCUT2D eigenvalue weighted by Gasteiger charge is 2.46. The molecule has 0 aromatic heterocycles. The van der Waals surface area contributed by atoms with Crippen molar-refractivity contribution in [1.82, 2.24) is 10.6 Å². The zero-order valence-corrected chi connectivity index (χ0v) is 13.2. The third-order valence-electron chi connectivity index (χ3n) is 4.03. The van der Waals surface area contributed by atoms with Crippen molar-refractivity contribution >= 4 is 6.03 Å². The van der Waals surface area contributed by atoms with Crippen molar-refractivity contribution < 1.29 is 14.3 Å². The predicted molar refractivity (Wildman–Crippen MR) is 81.9 cm³/mol. The minimum Gasteiger partial charge on any atom is -0.493 e. The summed E-state index contributed by atoms with van der Waals surface area (Å²) in [6, 6.07) is 5.86. The fraction of sp³-hybridized carbons (Fsp3) is 0.562. The summed E-state index contributed by atoms with van der Waals surface area (Å²) in [5.74, 6) is 1.38. The van der Waals surface area contributed by atoms with Crippen LogP contribution in [-0.4, -0.2) is 26.3 Å².